The number of benzene rings is 1. The number of aliphatic hydroxyl groups is 1. The lowest BCUT2D eigenvalue weighted by atomic mass is 9.71. The SMILES string of the molecule is C=CCCCOC(=O)[C@H]1[C@@H]2SC3(CC2Br)C(C(=O)N(CC=C)c2ccccc2Cl)N([C@@H](CO)CC(C)C)C(=O)[C@H]13. The number of hydrogen-bond donors (Lipinski definition) is 1. The van der Waals surface area contributed by atoms with Gasteiger partial charge in [-0.2, -0.15) is 0 Å². The van der Waals surface area contributed by atoms with Gasteiger partial charge in [0, 0.05) is 16.6 Å². The molecule has 3 unspecified atom stereocenters. The number of thioether (sulfide) groups is 1. The first-order chi connectivity index (χ1) is 19.1. The topological polar surface area (TPSA) is 87.2 Å². The predicted molar refractivity (Wildman–Crippen MR) is 164 cm³/mol. The zero-order chi connectivity index (χ0) is 29.2. The minimum atomic E-state index is -0.897. The molecule has 3 saturated heterocycles. The summed E-state index contributed by atoms with van der Waals surface area (Å²) in [4.78, 5) is 45.7. The minimum absolute atomic E-state index is 0.0756. The summed E-state index contributed by atoms with van der Waals surface area (Å²) in [5.74, 6) is -2.21. The summed E-state index contributed by atoms with van der Waals surface area (Å²) in [6, 6.07) is 5.62. The van der Waals surface area contributed by atoms with Crippen molar-refractivity contribution in [1.29, 1.82) is 0 Å². The van der Waals surface area contributed by atoms with Crippen molar-refractivity contribution in [2.45, 2.75) is 66.4 Å². The number of carbonyl (C=O) groups is 3. The zero-order valence-electron chi connectivity index (χ0n) is 23.0. The molecule has 0 aliphatic carbocycles. The molecular weight excluding hydrogens is 616 g/mol. The molecule has 2 bridgehead atoms. The van der Waals surface area contributed by atoms with Gasteiger partial charge >= 0.3 is 5.97 Å². The van der Waals surface area contributed by atoms with Crippen LogP contribution in [0.1, 0.15) is 39.5 Å². The van der Waals surface area contributed by atoms with Crippen molar-refractivity contribution in [3.63, 3.8) is 0 Å². The fraction of sp³-hybridized carbons (Fsp3) is 0.567. The number of ether oxygens (including phenoxy) is 1. The van der Waals surface area contributed by atoms with Crippen molar-refractivity contribution in [3.05, 3.63) is 54.6 Å². The molecule has 218 valence electrons. The number of anilines is 1. The molecule has 1 spiro atoms. The van der Waals surface area contributed by atoms with Crippen LogP contribution in [0.25, 0.3) is 0 Å². The van der Waals surface area contributed by atoms with Crippen molar-refractivity contribution in [1.82, 2.24) is 4.90 Å². The Morgan fingerprint density at radius 3 is 2.67 bits per heavy atom. The van der Waals surface area contributed by atoms with Crippen molar-refractivity contribution in [2.75, 3.05) is 24.7 Å². The summed E-state index contributed by atoms with van der Waals surface area (Å²) in [6.45, 7) is 11.8. The van der Waals surface area contributed by atoms with Gasteiger partial charge in [-0.1, -0.05) is 65.7 Å². The van der Waals surface area contributed by atoms with Crippen LogP contribution < -0.4 is 4.90 Å². The number of halogens is 2. The molecule has 0 saturated carbocycles. The van der Waals surface area contributed by atoms with Crippen molar-refractivity contribution < 1.29 is 24.2 Å². The van der Waals surface area contributed by atoms with E-state index in [0.29, 0.717) is 30.0 Å². The number of alkyl halides is 1. The summed E-state index contributed by atoms with van der Waals surface area (Å²) in [6.07, 6.45) is 5.84. The first kappa shape index (κ1) is 31.1. The third-order valence-corrected chi connectivity index (χ3v) is 11.6. The number of esters is 1. The zero-order valence-corrected chi connectivity index (χ0v) is 26.2. The van der Waals surface area contributed by atoms with Gasteiger partial charge in [-0.05, 0) is 43.7 Å². The molecule has 2 amide bonds. The van der Waals surface area contributed by atoms with Crippen molar-refractivity contribution in [3.8, 4) is 0 Å². The number of unbranched alkanes of at least 4 members (excludes halogenated alkanes) is 1. The molecule has 1 aromatic carbocycles. The highest BCUT2D eigenvalue weighted by molar-refractivity contribution is 9.09. The Morgan fingerprint density at radius 2 is 2.05 bits per heavy atom. The van der Waals surface area contributed by atoms with E-state index < -0.39 is 34.6 Å². The van der Waals surface area contributed by atoms with E-state index in [9.17, 15) is 19.5 Å². The van der Waals surface area contributed by atoms with Crippen LogP contribution in [-0.4, -0.2) is 74.5 Å². The van der Waals surface area contributed by atoms with Gasteiger partial charge in [0.1, 0.15) is 6.04 Å². The summed E-state index contributed by atoms with van der Waals surface area (Å²) in [5.41, 5.74) is 0.525. The van der Waals surface area contributed by atoms with Gasteiger partial charge in [0.15, 0.2) is 0 Å². The standard InChI is InChI=1S/C30H38BrClN2O5S/c1-5-7-10-14-39-29(38)23-24-27(36)34(19(17-35)15-18(3)4)26(30(24)16-20(31)25(23)40-30)28(37)33(13-6-2)22-12-9-8-11-21(22)32/h5-6,8-9,11-12,18-20,23-26,35H,1-2,7,10,13-17H2,3-4H3/t19-,20?,23-,24+,25-,26?,30?/m1/s1. The van der Waals surface area contributed by atoms with E-state index in [1.54, 1.807) is 58.0 Å². The highest BCUT2D eigenvalue weighted by atomic mass is 79.9. The lowest BCUT2D eigenvalue weighted by molar-refractivity contribution is -0.154. The van der Waals surface area contributed by atoms with Gasteiger partial charge < -0.3 is 19.6 Å². The van der Waals surface area contributed by atoms with Gasteiger partial charge in [-0.3, -0.25) is 14.4 Å². The van der Waals surface area contributed by atoms with E-state index in [1.165, 1.54) is 0 Å². The Bertz CT molecular complexity index is 1150. The van der Waals surface area contributed by atoms with Crippen LogP contribution in [0.4, 0.5) is 5.69 Å². The fourth-order valence-electron chi connectivity index (χ4n) is 6.58. The molecule has 10 heteroatoms. The number of carbonyl (C=O) groups excluding carboxylic acids is 3. The first-order valence-corrected chi connectivity index (χ1v) is 16.0. The van der Waals surface area contributed by atoms with Gasteiger partial charge in [0.2, 0.25) is 5.91 Å². The maximum absolute atomic E-state index is 14.7. The quantitative estimate of drug-likeness (QED) is 0.136. The molecule has 4 rings (SSSR count). The Morgan fingerprint density at radius 1 is 1.32 bits per heavy atom. The minimum Gasteiger partial charge on any atom is -0.465 e. The van der Waals surface area contributed by atoms with Gasteiger partial charge in [-0.25, -0.2) is 0 Å². The average molecular weight is 654 g/mol. The van der Waals surface area contributed by atoms with Crippen LogP contribution in [0.2, 0.25) is 5.02 Å². The third-order valence-electron chi connectivity index (χ3n) is 8.10. The number of aliphatic hydroxyl groups excluding tert-OH is 1. The molecule has 0 aromatic heterocycles. The molecule has 1 N–H and O–H groups in total. The Hall–Kier alpha value is -1.81. The van der Waals surface area contributed by atoms with Crippen LogP contribution in [-0.2, 0) is 19.1 Å². The molecule has 3 heterocycles. The number of fused-ring (bicyclic) bond motifs is 1. The van der Waals surface area contributed by atoms with Crippen LogP contribution >= 0.6 is 39.3 Å². The third kappa shape index (κ3) is 5.51. The molecule has 7 atom stereocenters. The first-order valence-electron chi connectivity index (χ1n) is 13.8. The van der Waals surface area contributed by atoms with Crippen LogP contribution in [0.3, 0.4) is 0 Å². The summed E-state index contributed by atoms with van der Waals surface area (Å²) < 4.78 is 4.81. The second-order valence-corrected chi connectivity index (χ2v) is 14.3. The number of hydrogen-bond acceptors (Lipinski definition) is 6. The van der Waals surface area contributed by atoms with Crippen LogP contribution in [0.5, 0.6) is 0 Å². The van der Waals surface area contributed by atoms with E-state index in [0.717, 1.165) is 6.42 Å². The summed E-state index contributed by atoms with van der Waals surface area (Å²) in [7, 11) is 0. The second kappa shape index (κ2) is 13.0. The molecule has 3 fully saturated rings. The summed E-state index contributed by atoms with van der Waals surface area (Å²) >= 11 is 11.9. The van der Waals surface area contributed by atoms with Crippen LogP contribution in [0.15, 0.2) is 49.6 Å². The van der Waals surface area contributed by atoms with E-state index in [-0.39, 0.29) is 47.6 Å². The van der Waals surface area contributed by atoms with Crippen LogP contribution in [0, 0.1) is 17.8 Å². The molecule has 3 aliphatic heterocycles. The van der Waals surface area contributed by atoms with Crippen molar-refractivity contribution in [2.24, 2.45) is 17.8 Å². The highest BCUT2D eigenvalue weighted by Gasteiger charge is 2.76. The smallest absolute Gasteiger partial charge is 0.310 e. The average Bonchev–Trinajstić information content (AvgIpc) is 3.51. The monoisotopic (exact) mass is 652 g/mol. The van der Waals surface area contributed by atoms with E-state index in [1.807, 2.05) is 13.8 Å². The van der Waals surface area contributed by atoms with Gasteiger partial charge in [0.05, 0.1) is 46.5 Å². The lowest BCUT2D eigenvalue weighted by Gasteiger charge is -2.40. The number of likely N-dealkylation sites (tertiary alicyclic amines) is 1. The van der Waals surface area contributed by atoms with Gasteiger partial charge in [-0.15, -0.1) is 24.9 Å². The number of rotatable bonds is 13. The largest absolute Gasteiger partial charge is 0.465 e. The highest BCUT2D eigenvalue weighted by Crippen LogP contribution is 2.68. The number of nitrogens with zero attached hydrogens (tertiary/aromatic N) is 2. The number of amides is 2. The fourth-order valence-corrected chi connectivity index (χ4v) is 10.4. The molecule has 3 aliphatic rings. The summed E-state index contributed by atoms with van der Waals surface area (Å²) in [5, 5.41) is 10.7. The molecule has 0 radical (unpaired) electrons. The number of allylic oxidation sites excluding steroid dienone is 1. The Labute approximate surface area is 254 Å². The lowest BCUT2D eigenvalue weighted by Crippen LogP contribution is -2.58. The second-order valence-electron chi connectivity index (χ2n) is 11.2. The van der Waals surface area contributed by atoms with E-state index >= 15 is 0 Å². The number of para-hydroxylation sites is 1. The normalized spacial score (nSPS) is 29.4. The predicted octanol–water partition coefficient (Wildman–Crippen LogP) is 5.24. The molecular formula is C30H38BrClN2O5S. The Kier molecular flexibility index (Phi) is 10.1. The molecule has 1 aromatic rings. The maximum Gasteiger partial charge on any atom is 0.310 e. The molecule has 7 nitrogen and oxygen atoms in total. The van der Waals surface area contributed by atoms with E-state index in [4.69, 9.17) is 16.3 Å². The molecule has 40 heavy (non-hydrogen) atoms. The Balaban J connectivity index is 1.80. The van der Waals surface area contributed by atoms with Crippen molar-refractivity contribution >= 4 is 62.8 Å². The maximum atomic E-state index is 14.7. The van der Waals surface area contributed by atoms with E-state index in [2.05, 4.69) is 29.1 Å². The van der Waals surface area contributed by atoms with Gasteiger partial charge in [0.25, 0.3) is 5.91 Å².